The quantitative estimate of drug-likeness (QED) is 0.307. The summed E-state index contributed by atoms with van der Waals surface area (Å²) in [5.41, 5.74) is 0.127. The lowest BCUT2D eigenvalue weighted by Crippen LogP contribution is -2.17. The van der Waals surface area contributed by atoms with Crippen molar-refractivity contribution in [1.82, 2.24) is 14.6 Å². The van der Waals surface area contributed by atoms with Crippen LogP contribution >= 0.6 is 23.1 Å². The number of aromatic nitrogens is 3. The van der Waals surface area contributed by atoms with Crippen molar-refractivity contribution in [2.24, 2.45) is 0 Å². The van der Waals surface area contributed by atoms with Gasteiger partial charge in [-0.25, -0.2) is 4.98 Å². The summed E-state index contributed by atoms with van der Waals surface area (Å²) < 4.78 is 11.8. The Bertz CT molecular complexity index is 956. The van der Waals surface area contributed by atoms with Gasteiger partial charge in [0.05, 0.1) is 18.1 Å². The van der Waals surface area contributed by atoms with Crippen LogP contribution in [-0.2, 0) is 27.3 Å². The molecule has 27 heavy (non-hydrogen) atoms. The van der Waals surface area contributed by atoms with Gasteiger partial charge in [0.2, 0.25) is 4.96 Å². The summed E-state index contributed by atoms with van der Waals surface area (Å²) in [6, 6.07) is 11.0. The minimum atomic E-state index is -0.354. The number of hydrogen-bond donors (Lipinski definition) is 0. The molecule has 0 saturated carbocycles. The van der Waals surface area contributed by atoms with E-state index < -0.39 is 0 Å². The average Bonchev–Trinajstić information content (AvgIpc) is 3.09. The molecule has 0 spiro atoms. The number of ether oxygens (including phenoxy) is 2. The van der Waals surface area contributed by atoms with Gasteiger partial charge in [-0.1, -0.05) is 29.5 Å². The summed E-state index contributed by atoms with van der Waals surface area (Å²) in [6.45, 7) is 3.08. The predicted octanol–water partition coefficient (Wildman–Crippen LogP) is 2.57. The van der Waals surface area contributed by atoms with Crippen molar-refractivity contribution in [1.29, 1.82) is 0 Å². The van der Waals surface area contributed by atoms with Crippen LogP contribution in [0.1, 0.15) is 17.6 Å². The number of thioether (sulfide) groups is 1. The number of nitrogens with zero attached hydrogens (tertiary/aromatic N) is 3. The third-order valence-corrected chi connectivity index (χ3v) is 5.44. The highest BCUT2D eigenvalue weighted by molar-refractivity contribution is 8.00. The van der Waals surface area contributed by atoms with E-state index in [4.69, 9.17) is 9.47 Å². The molecule has 142 valence electrons. The highest BCUT2D eigenvalue weighted by Crippen LogP contribution is 2.17. The van der Waals surface area contributed by atoms with E-state index in [0.29, 0.717) is 30.3 Å². The molecule has 0 fully saturated rings. The first-order valence-electron chi connectivity index (χ1n) is 8.45. The van der Waals surface area contributed by atoms with Crippen LogP contribution in [-0.4, -0.2) is 39.5 Å². The van der Waals surface area contributed by atoms with Gasteiger partial charge >= 0.3 is 5.97 Å². The second-order valence-electron chi connectivity index (χ2n) is 5.49. The summed E-state index contributed by atoms with van der Waals surface area (Å²) in [6.07, 6.45) is 0.627. The molecule has 0 unspecified atom stereocenters. The molecule has 0 aliphatic heterocycles. The highest BCUT2D eigenvalue weighted by Gasteiger charge is 2.11. The Hall–Kier alpha value is -2.23. The van der Waals surface area contributed by atoms with Crippen LogP contribution in [0.15, 0.2) is 46.1 Å². The Morgan fingerprint density at radius 1 is 1.30 bits per heavy atom. The van der Waals surface area contributed by atoms with E-state index in [0.717, 1.165) is 9.90 Å². The second-order valence-corrected chi connectivity index (χ2v) is 7.57. The standard InChI is InChI=1S/C18H19N3O4S2/c1-2-24-9-8-15-20-21-16(22)10-13(19-18(21)27-15)11-25-17(23)12-26-14-6-4-3-5-7-14/h3-7,10H,2,8-9,11-12H2,1H3. The summed E-state index contributed by atoms with van der Waals surface area (Å²) >= 11 is 2.74. The lowest BCUT2D eigenvalue weighted by atomic mass is 10.4. The largest absolute Gasteiger partial charge is 0.459 e. The monoisotopic (exact) mass is 405 g/mol. The summed E-state index contributed by atoms with van der Waals surface area (Å²) in [5.74, 6) is -0.152. The van der Waals surface area contributed by atoms with Gasteiger partial charge in [-0.2, -0.15) is 9.61 Å². The molecule has 0 atom stereocenters. The molecular formula is C18H19N3O4S2. The first kappa shape index (κ1) is 19.5. The van der Waals surface area contributed by atoms with Crippen LogP contribution in [0.3, 0.4) is 0 Å². The smallest absolute Gasteiger partial charge is 0.316 e. The first-order valence-corrected chi connectivity index (χ1v) is 10.3. The van der Waals surface area contributed by atoms with Crippen molar-refractivity contribution in [2.75, 3.05) is 19.0 Å². The average molecular weight is 406 g/mol. The van der Waals surface area contributed by atoms with Gasteiger partial charge in [-0.3, -0.25) is 9.59 Å². The SMILES string of the molecule is CCOCCc1nn2c(=O)cc(COC(=O)CSc3ccccc3)nc2s1. The molecule has 0 aliphatic carbocycles. The fourth-order valence-electron chi connectivity index (χ4n) is 2.23. The number of hydrogen-bond acceptors (Lipinski definition) is 8. The van der Waals surface area contributed by atoms with Crippen molar-refractivity contribution in [2.45, 2.75) is 24.8 Å². The zero-order chi connectivity index (χ0) is 19.1. The first-order chi connectivity index (χ1) is 13.2. The number of carbonyl (C=O) groups is 1. The molecule has 0 amide bonds. The summed E-state index contributed by atoms with van der Waals surface area (Å²) in [5, 5.41) is 5.03. The van der Waals surface area contributed by atoms with E-state index in [1.54, 1.807) is 0 Å². The molecule has 2 aromatic heterocycles. The molecule has 0 radical (unpaired) electrons. The molecule has 3 aromatic rings. The Kier molecular flexibility index (Phi) is 6.97. The van der Waals surface area contributed by atoms with Gasteiger partial charge in [0.15, 0.2) is 0 Å². The van der Waals surface area contributed by atoms with Crippen molar-refractivity contribution >= 4 is 34.0 Å². The maximum atomic E-state index is 12.2. The zero-order valence-electron chi connectivity index (χ0n) is 14.8. The molecule has 9 heteroatoms. The summed E-state index contributed by atoms with van der Waals surface area (Å²) in [7, 11) is 0. The van der Waals surface area contributed by atoms with E-state index in [-0.39, 0.29) is 23.9 Å². The van der Waals surface area contributed by atoms with E-state index in [1.165, 1.54) is 33.7 Å². The molecule has 0 N–H and O–H groups in total. The minimum absolute atomic E-state index is 0.0356. The number of carbonyl (C=O) groups excluding carboxylic acids is 1. The van der Waals surface area contributed by atoms with Crippen LogP contribution < -0.4 is 5.56 Å². The maximum Gasteiger partial charge on any atom is 0.316 e. The Balaban J connectivity index is 1.58. The lowest BCUT2D eigenvalue weighted by molar-refractivity contribution is -0.141. The normalized spacial score (nSPS) is 11.0. The summed E-state index contributed by atoms with van der Waals surface area (Å²) in [4.78, 5) is 30.0. The zero-order valence-corrected chi connectivity index (χ0v) is 16.4. The van der Waals surface area contributed by atoms with Crippen molar-refractivity contribution in [3.05, 3.63) is 57.5 Å². The Morgan fingerprint density at radius 2 is 2.11 bits per heavy atom. The molecule has 0 aliphatic rings. The van der Waals surface area contributed by atoms with Gasteiger partial charge in [0, 0.05) is 24.0 Å². The number of esters is 1. The lowest BCUT2D eigenvalue weighted by Gasteiger charge is -2.04. The molecule has 1 aromatic carbocycles. The van der Waals surface area contributed by atoms with Gasteiger partial charge in [0.1, 0.15) is 11.6 Å². The van der Waals surface area contributed by atoms with E-state index >= 15 is 0 Å². The van der Waals surface area contributed by atoms with Crippen molar-refractivity contribution in [3.8, 4) is 0 Å². The van der Waals surface area contributed by atoms with Crippen LogP contribution in [0.5, 0.6) is 0 Å². The molecule has 3 rings (SSSR count). The molecule has 7 nitrogen and oxygen atoms in total. The highest BCUT2D eigenvalue weighted by atomic mass is 32.2. The number of fused-ring (bicyclic) bond motifs is 1. The number of rotatable bonds is 9. The third kappa shape index (κ3) is 5.62. The fourth-order valence-corrected chi connectivity index (χ4v) is 3.85. The Labute approximate surface area is 164 Å². The van der Waals surface area contributed by atoms with Crippen LogP contribution in [0.4, 0.5) is 0 Å². The second kappa shape index (κ2) is 9.63. The van der Waals surface area contributed by atoms with Crippen LogP contribution in [0, 0.1) is 0 Å². The van der Waals surface area contributed by atoms with E-state index in [1.807, 2.05) is 37.3 Å². The van der Waals surface area contributed by atoms with Crippen LogP contribution in [0.2, 0.25) is 0 Å². The molecule has 0 bridgehead atoms. The number of benzene rings is 1. The van der Waals surface area contributed by atoms with Gasteiger partial charge in [-0.05, 0) is 19.1 Å². The molecular weight excluding hydrogens is 386 g/mol. The van der Waals surface area contributed by atoms with E-state index in [9.17, 15) is 9.59 Å². The van der Waals surface area contributed by atoms with E-state index in [2.05, 4.69) is 10.1 Å². The van der Waals surface area contributed by atoms with Gasteiger partial charge in [0.25, 0.3) is 5.56 Å². The van der Waals surface area contributed by atoms with Gasteiger partial charge in [-0.15, -0.1) is 11.8 Å². The Morgan fingerprint density at radius 3 is 2.89 bits per heavy atom. The van der Waals surface area contributed by atoms with Crippen molar-refractivity contribution < 1.29 is 14.3 Å². The topological polar surface area (TPSA) is 82.8 Å². The van der Waals surface area contributed by atoms with Gasteiger partial charge < -0.3 is 9.47 Å². The molecule has 2 heterocycles. The van der Waals surface area contributed by atoms with Crippen molar-refractivity contribution in [3.63, 3.8) is 0 Å². The van der Waals surface area contributed by atoms with Crippen LogP contribution in [0.25, 0.3) is 4.96 Å². The fraction of sp³-hybridized carbons (Fsp3) is 0.333. The maximum absolute atomic E-state index is 12.2. The molecule has 0 saturated heterocycles. The third-order valence-electron chi connectivity index (χ3n) is 3.49. The predicted molar refractivity (Wildman–Crippen MR) is 104 cm³/mol. The minimum Gasteiger partial charge on any atom is -0.459 e.